The summed E-state index contributed by atoms with van der Waals surface area (Å²) in [5, 5.41) is 4.30. The lowest BCUT2D eigenvalue weighted by Crippen LogP contribution is -2.00. The van der Waals surface area contributed by atoms with Crippen LogP contribution in [0.25, 0.3) is 11.0 Å². The zero-order chi connectivity index (χ0) is 10.1. The zero-order valence-corrected chi connectivity index (χ0v) is 8.54. The predicted octanol–water partition coefficient (Wildman–Crippen LogP) is 2.54. The molecule has 0 bridgehead atoms. The van der Waals surface area contributed by atoms with E-state index in [9.17, 15) is 9.18 Å². The molecule has 14 heavy (non-hydrogen) atoms. The van der Waals surface area contributed by atoms with E-state index in [0.29, 0.717) is 5.39 Å². The molecule has 0 atom stereocenters. The molecule has 0 unspecified atom stereocenters. The van der Waals surface area contributed by atoms with Crippen LogP contribution in [-0.4, -0.2) is 16.3 Å². The molecule has 0 aliphatic carbocycles. The van der Waals surface area contributed by atoms with Crippen molar-refractivity contribution in [2.45, 2.75) is 0 Å². The van der Waals surface area contributed by atoms with Gasteiger partial charge in [-0.2, -0.15) is 0 Å². The highest BCUT2D eigenvalue weighted by Crippen LogP contribution is 2.20. The van der Waals surface area contributed by atoms with Gasteiger partial charge >= 0.3 is 0 Å². The quantitative estimate of drug-likeness (QED) is 0.614. The van der Waals surface area contributed by atoms with Gasteiger partial charge in [0.15, 0.2) is 17.1 Å². The summed E-state index contributed by atoms with van der Waals surface area (Å²) >= 11 is 3.03. The molecular weight excluding hydrogens is 253 g/mol. The van der Waals surface area contributed by atoms with E-state index in [2.05, 4.69) is 21.1 Å². The van der Waals surface area contributed by atoms with Gasteiger partial charge in [-0.05, 0) is 12.1 Å². The maximum atomic E-state index is 12.7. The Balaban J connectivity index is 2.64. The van der Waals surface area contributed by atoms with Gasteiger partial charge in [-0.15, -0.1) is 0 Å². The molecule has 0 radical (unpaired) electrons. The Bertz CT molecular complexity index is 495. The number of nitrogens with zero attached hydrogens (tertiary/aromatic N) is 1. The van der Waals surface area contributed by atoms with Crippen LogP contribution in [0.3, 0.4) is 0 Å². The van der Waals surface area contributed by atoms with Crippen LogP contribution in [0.5, 0.6) is 0 Å². The number of hydrogen-bond donors (Lipinski definition) is 0. The first-order valence-corrected chi connectivity index (χ1v) is 4.98. The Hall–Kier alpha value is -1.23. The molecule has 0 amide bonds. The first kappa shape index (κ1) is 9.33. The van der Waals surface area contributed by atoms with E-state index >= 15 is 0 Å². The molecule has 0 aliphatic heterocycles. The topological polar surface area (TPSA) is 43.1 Å². The van der Waals surface area contributed by atoms with Gasteiger partial charge in [0.2, 0.25) is 0 Å². The summed E-state index contributed by atoms with van der Waals surface area (Å²) < 4.78 is 17.6. The molecule has 0 N–H and O–H groups in total. The number of fused-ring (bicyclic) bond motifs is 1. The second-order valence-electron chi connectivity index (χ2n) is 2.73. The highest BCUT2D eigenvalue weighted by molar-refractivity contribution is 9.09. The van der Waals surface area contributed by atoms with E-state index in [1.54, 1.807) is 0 Å². The number of aromatic nitrogens is 1. The Morgan fingerprint density at radius 1 is 1.57 bits per heavy atom. The maximum Gasteiger partial charge on any atom is 0.195 e. The third-order valence-corrected chi connectivity index (χ3v) is 2.33. The zero-order valence-electron chi connectivity index (χ0n) is 6.96. The number of carbonyl (C=O) groups excluding carboxylic acids is 1. The summed E-state index contributed by atoms with van der Waals surface area (Å²) in [5.41, 5.74) is 0.520. The summed E-state index contributed by atoms with van der Waals surface area (Å²) in [6, 6.07) is 3.95. The summed E-state index contributed by atoms with van der Waals surface area (Å²) in [7, 11) is 0. The molecule has 0 saturated heterocycles. The number of halogens is 2. The number of Topliss-reactive ketones (excluding diaryl/α,β-unsaturated/α-hetero) is 1. The minimum absolute atomic E-state index is 0.173. The molecule has 3 nitrogen and oxygen atoms in total. The average molecular weight is 258 g/mol. The highest BCUT2D eigenvalue weighted by atomic mass is 79.9. The molecule has 2 rings (SSSR count). The molecule has 5 heteroatoms. The van der Waals surface area contributed by atoms with Gasteiger partial charge in [0.05, 0.1) is 10.7 Å². The fourth-order valence-electron chi connectivity index (χ4n) is 1.18. The van der Waals surface area contributed by atoms with E-state index in [1.165, 1.54) is 18.2 Å². The Labute approximate surface area is 87.0 Å². The van der Waals surface area contributed by atoms with Crippen LogP contribution in [0.15, 0.2) is 22.7 Å². The molecule has 0 saturated carbocycles. The molecular formula is C9H5BrFNO2. The van der Waals surface area contributed by atoms with Crippen LogP contribution in [0.1, 0.15) is 10.5 Å². The van der Waals surface area contributed by atoms with Crippen molar-refractivity contribution in [3.05, 3.63) is 29.7 Å². The Morgan fingerprint density at radius 3 is 3.07 bits per heavy atom. The lowest BCUT2D eigenvalue weighted by atomic mass is 10.2. The highest BCUT2D eigenvalue weighted by Gasteiger charge is 2.14. The molecule has 1 aromatic carbocycles. The largest absolute Gasteiger partial charge is 0.355 e. The number of ketones is 1. The number of alkyl halides is 1. The third kappa shape index (κ3) is 1.43. The first-order valence-electron chi connectivity index (χ1n) is 3.86. The van der Waals surface area contributed by atoms with E-state index in [-0.39, 0.29) is 22.4 Å². The average Bonchev–Trinajstić information content (AvgIpc) is 2.59. The minimum atomic E-state index is -0.411. The van der Waals surface area contributed by atoms with E-state index in [1.807, 2.05) is 0 Å². The third-order valence-electron chi connectivity index (χ3n) is 1.82. The van der Waals surface area contributed by atoms with Gasteiger partial charge in [0.25, 0.3) is 0 Å². The van der Waals surface area contributed by atoms with Crippen LogP contribution in [0, 0.1) is 5.82 Å². The monoisotopic (exact) mass is 257 g/mol. The molecule has 72 valence electrons. The van der Waals surface area contributed by atoms with Crippen LogP contribution >= 0.6 is 15.9 Å². The van der Waals surface area contributed by atoms with Gasteiger partial charge in [-0.1, -0.05) is 21.1 Å². The lowest BCUT2D eigenvalue weighted by Gasteiger charge is -1.90. The van der Waals surface area contributed by atoms with Crippen molar-refractivity contribution in [3.8, 4) is 0 Å². The molecule has 0 spiro atoms. The second-order valence-corrected chi connectivity index (χ2v) is 3.29. The smallest absolute Gasteiger partial charge is 0.195 e. The van der Waals surface area contributed by atoms with E-state index < -0.39 is 5.82 Å². The second kappa shape index (κ2) is 3.49. The number of hydrogen-bond acceptors (Lipinski definition) is 3. The maximum absolute atomic E-state index is 12.7. The lowest BCUT2D eigenvalue weighted by molar-refractivity contribution is 0.101. The van der Waals surface area contributed by atoms with Gasteiger partial charge in [0, 0.05) is 6.07 Å². The predicted molar refractivity (Wildman–Crippen MR) is 52.1 cm³/mol. The van der Waals surface area contributed by atoms with Crippen molar-refractivity contribution in [1.29, 1.82) is 0 Å². The van der Waals surface area contributed by atoms with Crippen molar-refractivity contribution in [2.24, 2.45) is 0 Å². The van der Waals surface area contributed by atoms with Crippen LogP contribution in [0.4, 0.5) is 4.39 Å². The van der Waals surface area contributed by atoms with Crippen LogP contribution < -0.4 is 0 Å². The number of rotatable bonds is 2. The van der Waals surface area contributed by atoms with E-state index in [0.717, 1.165) is 0 Å². The molecule has 0 aliphatic rings. The fraction of sp³-hybridized carbons (Fsp3) is 0.111. The molecule has 0 fully saturated rings. The van der Waals surface area contributed by atoms with Crippen molar-refractivity contribution < 1.29 is 13.7 Å². The van der Waals surface area contributed by atoms with Gasteiger partial charge < -0.3 is 4.52 Å². The molecule has 1 heterocycles. The minimum Gasteiger partial charge on any atom is -0.355 e. The van der Waals surface area contributed by atoms with Crippen LogP contribution in [-0.2, 0) is 0 Å². The Kier molecular flexibility index (Phi) is 2.33. The van der Waals surface area contributed by atoms with Crippen molar-refractivity contribution in [3.63, 3.8) is 0 Å². The van der Waals surface area contributed by atoms with Crippen molar-refractivity contribution in [1.82, 2.24) is 5.16 Å². The number of carbonyl (C=O) groups is 1. The van der Waals surface area contributed by atoms with E-state index in [4.69, 9.17) is 4.52 Å². The van der Waals surface area contributed by atoms with Crippen molar-refractivity contribution in [2.75, 3.05) is 5.33 Å². The first-order chi connectivity index (χ1) is 6.72. The summed E-state index contributed by atoms with van der Waals surface area (Å²) in [4.78, 5) is 11.3. The SMILES string of the molecule is O=C(CBr)c1noc2cc(F)ccc12. The normalized spacial score (nSPS) is 10.7. The molecule has 2 aromatic rings. The van der Waals surface area contributed by atoms with Crippen LogP contribution in [0.2, 0.25) is 0 Å². The number of benzene rings is 1. The standard InChI is InChI=1S/C9H5BrFNO2/c10-4-7(13)9-6-2-1-5(11)3-8(6)14-12-9/h1-3H,4H2. The summed E-state index contributed by atoms with van der Waals surface area (Å²) in [6.45, 7) is 0. The van der Waals surface area contributed by atoms with Gasteiger partial charge in [-0.3, -0.25) is 4.79 Å². The summed E-state index contributed by atoms with van der Waals surface area (Å²) in [6.07, 6.45) is 0. The molecule has 1 aromatic heterocycles. The fourth-order valence-corrected chi connectivity index (χ4v) is 1.44. The van der Waals surface area contributed by atoms with Gasteiger partial charge in [-0.25, -0.2) is 4.39 Å². The summed E-state index contributed by atoms with van der Waals surface area (Å²) in [5.74, 6) is -0.596. The van der Waals surface area contributed by atoms with Gasteiger partial charge in [0.1, 0.15) is 5.82 Å². The Morgan fingerprint density at radius 2 is 2.36 bits per heavy atom. The van der Waals surface area contributed by atoms with Crippen molar-refractivity contribution >= 4 is 32.7 Å².